The van der Waals surface area contributed by atoms with Crippen LogP contribution in [-0.4, -0.2) is 17.4 Å². The number of nitro groups is 1. The van der Waals surface area contributed by atoms with E-state index in [0.717, 1.165) is 12.1 Å². The fourth-order valence-corrected chi connectivity index (χ4v) is 1.22. The molecular formula is C9H8F3N3O3. The number of hydrogen-bond donors (Lipinski definition) is 2. The Balaban J connectivity index is 3.17. The monoisotopic (exact) mass is 263 g/mol. The maximum atomic E-state index is 12.6. The Bertz CT molecular complexity index is 488. The second-order valence-corrected chi connectivity index (χ2v) is 3.30. The summed E-state index contributed by atoms with van der Waals surface area (Å²) >= 11 is 0. The Morgan fingerprint density at radius 1 is 1.44 bits per heavy atom. The molecule has 3 N–H and O–H groups in total. The quantitative estimate of drug-likeness (QED) is 0.635. The van der Waals surface area contributed by atoms with Crippen LogP contribution in [0.15, 0.2) is 18.2 Å². The number of nitrogens with one attached hydrogen (secondary N) is 1. The first-order valence-electron chi connectivity index (χ1n) is 4.59. The first-order valence-corrected chi connectivity index (χ1v) is 4.59. The SMILES string of the molecule is NC(=O)CNc1ccc([N+](=O)[O-])cc1C(F)(F)F. The molecule has 0 unspecified atom stereocenters. The molecular weight excluding hydrogens is 255 g/mol. The largest absolute Gasteiger partial charge is 0.418 e. The Hall–Kier alpha value is -2.32. The molecule has 9 heteroatoms. The topological polar surface area (TPSA) is 98.3 Å². The van der Waals surface area contributed by atoms with E-state index in [0.29, 0.717) is 6.07 Å². The van der Waals surface area contributed by atoms with E-state index in [1.807, 2.05) is 0 Å². The summed E-state index contributed by atoms with van der Waals surface area (Å²) in [5.74, 6) is -0.846. The van der Waals surface area contributed by atoms with Crippen molar-refractivity contribution >= 4 is 17.3 Å². The zero-order valence-corrected chi connectivity index (χ0v) is 8.82. The minimum atomic E-state index is -4.77. The van der Waals surface area contributed by atoms with E-state index in [2.05, 4.69) is 5.32 Å². The lowest BCUT2D eigenvalue weighted by Gasteiger charge is -2.13. The normalized spacial score (nSPS) is 11.1. The van der Waals surface area contributed by atoms with Crippen LogP contribution in [0, 0.1) is 10.1 Å². The van der Waals surface area contributed by atoms with Crippen LogP contribution < -0.4 is 11.1 Å². The lowest BCUT2D eigenvalue weighted by atomic mass is 10.1. The number of alkyl halides is 3. The average Bonchev–Trinajstić information content (AvgIpc) is 2.24. The van der Waals surface area contributed by atoms with Gasteiger partial charge in [0, 0.05) is 17.8 Å². The summed E-state index contributed by atoms with van der Waals surface area (Å²) in [4.78, 5) is 19.9. The third-order valence-corrected chi connectivity index (χ3v) is 1.97. The molecule has 0 aliphatic carbocycles. The van der Waals surface area contributed by atoms with Crippen molar-refractivity contribution in [1.29, 1.82) is 0 Å². The van der Waals surface area contributed by atoms with Crippen molar-refractivity contribution in [3.63, 3.8) is 0 Å². The highest BCUT2D eigenvalue weighted by molar-refractivity contribution is 5.79. The molecule has 0 aliphatic rings. The van der Waals surface area contributed by atoms with Gasteiger partial charge in [-0.3, -0.25) is 14.9 Å². The fraction of sp³-hybridized carbons (Fsp3) is 0.222. The van der Waals surface area contributed by atoms with Crippen LogP contribution in [0.25, 0.3) is 0 Å². The van der Waals surface area contributed by atoms with E-state index in [1.54, 1.807) is 0 Å². The number of amides is 1. The van der Waals surface area contributed by atoms with Gasteiger partial charge in [0.2, 0.25) is 5.91 Å². The van der Waals surface area contributed by atoms with E-state index < -0.39 is 40.5 Å². The van der Waals surface area contributed by atoms with E-state index >= 15 is 0 Å². The summed E-state index contributed by atoms with van der Waals surface area (Å²) in [7, 11) is 0. The summed E-state index contributed by atoms with van der Waals surface area (Å²) in [6.45, 7) is -0.499. The van der Waals surface area contributed by atoms with Gasteiger partial charge in [-0.1, -0.05) is 0 Å². The Morgan fingerprint density at radius 3 is 2.50 bits per heavy atom. The predicted molar refractivity (Wildman–Crippen MR) is 55.8 cm³/mol. The van der Waals surface area contributed by atoms with Gasteiger partial charge in [0.1, 0.15) is 0 Å². The molecule has 1 rings (SSSR count). The van der Waals surface area contributed by atoms with Gasteiger partial charge in [0.15, 0.2) is 0 Å². The number of nitrogens with zero attached hydrogens (tertiary/aromatic N) is 1. The van der Waals surface area contributed by atoms with Crippen molar-refractivity contribution in [3.05, 3.63) is 33.9 Å². The zero-order chi connectivity index (χ0) is 13.9. The first-order chi connectivity index (χ1) is 8.21. The highest BCUT2D eigenvalue weighted by Gasteiger charge is 2.35. The van der Waals surface area contributed by atoms with Crippen LogP contribution in [0.5, 0.6) is 0 Å². The van der Waals surface area contributed by atoms with Crippen molar-refractivity contribution in [2.45, 2.75) is 6.18 Å². The molecule has 0 bridgehead atoms. The minimum absolute atomic E-state index is 0.392. The van der Waals surface area contributed by atoms with Crippen LogP contribution in [0.2, 0.25) is 0 Å². The number of non-ortho nitro benzene ring substituents is 1. The molecule has 0 fully saturated rings. The number of carbonyl (C=O) groups is 1. The lowest BCUT2D eigenvalue weighted by molar-refractivity contribution is -0.385. The number of halogens is 3. The molecule has 0 saturated carbocycles. The van der Waals surface area contributed by atoms with E-state index in [1.165, 1.54) is 0 Å². The van der Waals surface area contributed by atoms with Crippen LogP contribution in [-0.2, 0) is 11.0 Å². The molecule has 0 atom stereocenters. The summed E-state index contributed by atoms with van der Waals surface area (Å²) in [5.41, 5.74) is 2.44. The number of benzene rings is 1. The number of carbonyl (C=O) groups excluding carboxylic acids is 1. The summed E-state index contributed by atoms with van der Waals surface area (Å²) in [6.07, 6.45) is -4.77. The molecule has 6 nitrogen and oxygen atoms in total. The number of rotatable bonds is 4. The van der Waals surface area contributed by atoms with E-state index in [4.69, 9.17) is 5.73 Å². The van der Waals surface area contributed by atoms with Gasteiger partial charge in [-0.25, -0.2) is 0 Å². The number of anilines is 1. The van der Waals surface area contributed by atoms with Crippen molar-refractivity contribution in [2.24, 2.45) is 5.73 Å². The highest BCUT2D eigenvalue weighted by Crippen LogP contribution is 2.36. The smallest absolute Gasteiger partial charge is 0.376 e. The molecule has 0 radical (unpaired) electrons. The molecule has 1 aromatic carbocycles. The molecule has 0 spiro atoms. The van der Waals surface area contributed by atoms with Crippen LogP contribution >= 0.6 is 0 Å². The number of nitrogens with two attached hydrogens (primary N) is 1. The number of hydrogen-bond acceptors (Lipinski definition) is 4. The van der Waals surface area contributed by atoms with E-state index in [-0.39, 0.29) is 0 Å². The first kappa shape index (κ1) is 13.7. The Labute approximate surface area is 98.7 Å². The Kier molecular flexibility index (Phi) is 3.74. The van der Waals surface area contributed by atoms with Gasteiger partial charge < -0.3 is 11.1 Å². The average molecular weight is 263 g/mol. The fourth-order valence-electron chi connectivity index (χ4n) is 1.22. The minimum Gasteiger partial charge on any atom is -0.376 e. The molecule has 98 valence electrons. The molecule has 18 heavy (non-hydrogen) atoms. The van der Waals surface area contributed by atoms with Gasteiger partial charge in [0.05, 0.1) is 17.0 Å². The van der Waals surface area contributed by atoms with Gasteiger partial charge in [-0.15, -0.1) is 0 Å². The maximum absolute atomic E-state index is 12.6. The zero-order valence-electron chi connectivity index (χ0n) is 8.82. The van der Waals surface area contributed by atoms with Crippen LogP contribution in [0.1, 0.15) is 5.56 Å². The van der Waals surface area contributed by atoms with Gasteiger partial charge >= 0.3 is 6.18 Å². The van der Waals surface area contributed by atoms with Gasteiger partial charge in [0.25, 0.3) is 5.69 Å². The number of nitro benzene ring substituents is 1. The predicted octanol–water partition coefficient (Wildman–Crippen LogP) is 1.51. The maximum Gasteiger partial charge on any atom is 0.418 e. The lowest BCUT2D eigenvalue weighted by Crippen LogP contribution is -2.23. The molecule has 1 amide bonds. The van der Waals surface area contributed by atoms with Crippen molar-refractivity contribution < 1.29 is 22.9 Å². The molecule has 0 saturated heterocycles. The third-order valence-electron chi connectivity index (χ3n) is 1.97. The third kappa shape index (κ3) is 3.34. The molecule has 0 aliphatic heterocycles. The molecule has 0 aromatic heterocycles. The highest BCUT2D eigenvalue weighted by atomic mass is 19.4. The second-order valence-electron chi connectivity index (χ2n) is 3.30. The van der Waals surface area contributed by atoms with Crippen molar-refractivity contribution in [3.8, 4) is 0 Å². The summed E-state index contributed by atoms with van der Waals surface area (Å²) in [5, 5.41) is 12.6. The summed E-state index contributed by atoms with van der Waals surface area (Å²) in [6, 6.07) is 2.17. The molecule has 0 heterocycles. The standard InChI is InChI=1S/C9H8F3N3O3/c10-9(11,12)6-3-5(15(17)18)1-2-7(6)14-4-8(13)16/h1-3,14H,4H2,(H2,13,16). The van der Waals surface area contributed by atoms with E-state index in [9.17, 15) is 28.1 Å². The van der Waals surface area contributed by atoms with Crippen LogP contribution in [0.4, 0.5) is 24.5 Å². The van der Waals surface area contributed by atoms with Crippen molar-refractivity contribution in [1.82, 2.24) is 0 Å². The summed E-state index contributed by atoms with van der Waals surface area (Å²) < 4.78 is 37.9. The van der Waals surface area contributed by atoms with Gasteiger partial charge in [-0.2, -0.15) is 13.2 Å². The Morgan fingerprint density at radius 2 is 2.06 bits per heavy atom. The van der Waals surface area contributed by atoms with Crippen LogP contribution in [0.3, 0.4) is 0 Å². The van der Waals surface area contributed by atoms with Crippen molar-refractivity contribution in [2.75, 3.05) is 11.9 Å². The number of primary amides is 1. The van der Waals surface area contributed by atoms with Gasteiger partial charge in [-0.05, 0) is 6.07 Å². The second kappa shape index (κ2) is 4.90. The molecule has 1 aromatic rings.